The third kappa shape index (κ3) is 3.62. The zero-order chi connectivity index (χ0) is 17.1. The molecular formula is C19H17BrN2OS. The summed E-state index contributed by atoms with van der Waals surface area (Å²) in [5.74, 6) is -0.0179. The van der Waals surface area contributed by atoms with E-state index < -0.39 is 0 Å². The first-order valence-corrected chi connectivity index (χ1v) is 9.29. The van der Waals surface area contributed by atoms with Crippen LogP contribution in [0.1, 0.15) is 18.1 Å². The molecule has 1 saturated heterocycles. The number of aryl methyl sites for hydroxylation is 1. The molecule has 24 heavy (non-hydrogen) atoms. The smallest absolute Gasteiger partial charge is 0.266 e. The second kappa shape index (κ2) is 7.36. The van der Waals surface area contributed by atoms with Crippen LogP contribution >= 0.6 is 27.7 Å². The van der Waals surface area contributed by atoms with Crippen molar-refractivity contribution in [3.8, 4) is 0 Å². The predicted molar refractivity (Wildman–Crippen MR) is 105 cm³/mol. The lowest BCUT2D eigenvalue weighted by Gasteiger charge is -2.08. The van der Waals surface area contributed by atoms with E-state index in [-0.39, 0.29) is 5.91 Å². The van der Waals surface area contributed by atoms with E-state index in [9.17, 15) is 4.79 Å². The van der Waals surface area contributed by atoms with Crippen LogP contribution in [-0.2, 0) is 11.2 Å². The Morgan fingerprint density at radius 3 is 2.58 bits per heavy atom. The monoisotopic (exact) mass is 400 g/mol. The summed E-state index contributed by atoms with van der Waals surface area (Å²) in [7, 11) is 1.77. The average Bonchev–Trinajstić information content (AvgIpc) is 2.85. The van der Waals surface area contributed by atoms with Gasteiger partial charge in [-0.1, -0.05) is 53.2 Å². The molecule has 5 heteroatoms. The van der Waals surface area contributed by atoms with Crippen molar-refractivity contribution >= 4 is 50.5 Å². The first kappa shape index (κ1) is 17.0. The Morgan fingerprint density at radius 2 is 1.88 bits per heavy atom. The van der Waals surface area contributed by atoms with Crippen LogP contribution in [0.15, 0.2) is 62.9 Å². The number of carbonyl (C=O) groups excluding carboxylic acids is 1. The molecule has 1 aliphatic heterocycles. The molecule has 3 rings (SSSR count). The van der Waals surface area contributed by atoms with E-state index in [1.807, 2.05) is 48.5 Å². The van der Waals surface area contributed by atoms with Gasteiger partial charge < -0.3 is 0 Å². The van der Waals surface area contributed by atoms with Gasteiger partial charge in [-0.05, 0) is 53.6 Å². The number of nitrogens with zero attached hydrogens (tertiary/aromatic N) is 2. The molecule has 0 radical (unpaired) electrons. The van der Waals surface area contributed by atoms with Gasteiger partial charge in [-0.25, -0.2) is 4.99 Å². The summed E-state index contributed by atoms with van der Waals surface area (Å²) in [6.45, 7) is 2.11. The quantitative estimate of drug-likeness (QED) is 0.659. The lowest BCUT2D eigenvalue weighted by molar-refractivity contribution is -0.121. The SMILES string of the molecule is CCc1ccccc1N=C1S/C(=C/c2ccc(Br)cc2)C(=O)N1C. The van der Waals surface area contributed by atoms with Crippen LogP contribution in [0.3, 0.4) is 0 Å². The molecule has 1 heterocycles. The lowest BCUT2D eigenvalue weighted by Crippen LogP contribution is -2.23. The molecular weight excluding hydrogens is 384 g/mol. The first-order valence-electron chi connectivity index (χ1n) is 7.68. The van der Waals surface area contributed by atoms with Gasteiger partial charge in [-0.2, -0.15) is 0 Å². The lowest BCUT2D eigenvalue weighted by atomic mass is 10.1. The van der Waals surface area contributed by atoms with Crippen LogP contribution in [0.2, 0.25) is 0 Å². The van der Waals surface area contributed by atoms with Crippen molar-refractivity contribution in [3.63, 3.8) is 0 Å². The largest absolute Gasteiger partial charge is 0.290 e. The zero-order valence-electron chi connectivity index (χ0n) is 13.5. The molecule has 0 unspecified atom stereocenters. The Balaban J connectivity index is 1.91. The number of halogens is 1. The van der Waals surface area contributed by atoms with Crippen molar-refractivity contribution in [1.29, 1.82) is 0 Å². The van der Waals surface area contributed by atoms with Gasteiger partial charge in [0.25, 0.3) is 5.91 Å². The first-order chi connectivity index (χ1) is 11.6. The van der Waals surface area contributed by atoms with Crippen LogP contribution in [-0.4, -0.2) is 23.0 Å². The third-order valence-corrected chi connectivity index (χ3v) is 5.35. The van der Waals surface area contributed by atoms with Gasteiger partial charge in [0, 0.05) is 11.5 Å². The highest BCUT2D eigenvalue weighted by Gasteiger charge is 2.30. The number of likely N-dealkylation sites (N-methyl/N-ethyl adjacent to an activating group) is 1. The summed E-state index contributed by atoms with van der Waals surface area (Å²) < 4.78 is 1.02. The molecule has 2 aromatic carbocycles. The maximum absolute atomic E-state index is 12.5. The van der Waals surface area contributed by atoms with Gasteiger partial charge >= 0.3 is 0 Å². The topological polar surface area (TPSA) is 32.7 Å². The Hall–Kier alpha value is -1.85. The Labute approximate surface area is 154 Å². The van der Waals surface area contributed by atoms with Gasteiger partial charge in [0.15, 0.2) is 5.17 Å². The molecule has 0 spiro atoms. The highest BCUT2D eigenvalue weighted by molar-refractivity contribution is 9.10. The van der Waals surface area contributed by atoms with E-state index in [1.54, 1.807) is 11.9 Å². The molecule has 1 aliphatic rings. The van der Waals surface area contributed by atoms with Gasteiger partial charge in [0.2, 0.25) is 0 Å². The molecule has 122 valence electrons. The van der Waals surface area contributed by atoms with Gasteiger partial charge in [-0.3, -0.25) is 9.69 Å². The minimum Gasteiger partial charge on any atom is -0.290 e. The minimum absolute atomic E-state index is 0.0179. The molecule has 0 atom stereocenters. The molecule has 0 aromatic heterocycles. The standard InChI is InChI=1S/C19H17BrN2OS/c1-3-14-6-4-5-7-16(14)21-19-22(2)18(23)17(24-19)12-13-8-10-15(20)11-9-13/h4-12H,3H2,1-2H3/b17-12+,21-19?. The fourth-order valence-electron chi connectivity index (χ4n) is 2.38. The molecule has 2 aromatic rings. The normalized spacial score (nSPS) is 18.0. The van der Waals surface area contributed by atoms with Crippen LogP contribution in [0.25, 0.3) is 6.08 Å². The van der Waals surface area contributed by atoms with E-state index in [4.69, 9.17) is 4.99 Å². The summed E-state index contributed by atoms with van der Waals surface area (Å²) in [4.78, 5) is 19.5. The van der Waals surface area contributed by atoms with Crippen LogP contribution in [0.4, 0.5) is 5.69 Å². The second-order valence-corrected chi connectivity index (χ2v) is 7.33. The summed E-state index contributed by atoms with van der Waals surface area (Å²) >= 11 is 4.84. The molecule has 0 bridgehead atoms. The molecule has 0 aliphatic carbocycles. The second-order valence-electron chi connectivity index (χ2n) is 5.40. The van der Waals surface area contributed by atoms with Crippen molar-refractivity contribution in [1.82, 2.24) is 4.90 Å². The molecule has 1 amide bonds. The summed E-state index contributed by atoms with van der Waals surface area (Å²) in [6.07, 6.45) is 2.82. The fraction of sp³-hybridized carbons (Fsp3) is 0.158. The number of rotatable bonds is 3. The van der Waals surface area contributed by atoms with E-state index >= 15 is 0 Å². The highest BCUT2D eigenvalue weighted by Crippen LogP contribution is 2.34. The van der Waals surface area contributed by atoms with Crippen molar-refractivity contribution in [3.05, 3.63) is 69.0 Å². The Bertz CT molecular complexity index is 828. The number of para-hydroxylation sites is 1. The van der Waals surface area contributed by atoms with Gasteiger partial charge in [0.1, 0.15) is 0 Å². The number of hydrogen-bond donors (Lipinski definition) is 0. The van der Waals surface area contributed by atoms with Crippen LogP contribution < -0.4 is 0 Å². The predicted octanol–water partition coefficient (Wildman–Crippen LogP) is 5.25. The average molecular weight is 401 g/mol. The Morgan fingerprint density at radius 1 is 1.17 bits per heavy atom. The summed E-state index contributed by atoms with van der Waals surface area (Å²) in [5, 5.41) is 0.712. The van der Waals surface area contributed by atoms with Crippen molar-refractivity contribution < 1.29 is 4.79 Å². The van der Waals surface area contributed by atoms with E-state index in [0.717, 1.165) is 22.1 Å². The number of thioether (sulfide) groups is 1. The molecule has 0 N–H and O–H groups in total. The number of hydrogen-bond acceptors (Lipinski definition) is 3. The number of benzene rings is 2. The summed E-state index contributed by atoms with van der Waals surface area (Å²) in [5.41, 5.74) is 3.10. The number of amidine groups is 1. The maximum atomic E-state index is 12.5. The molecule has 0 saturated carbocycles. The van der Waals surface area contributed by atoms with Crippen molar-refractivity contribution in [2.45, 2.75) is 13.3 Å². The van der Waals surface area contributed by atoms with E-state index in [2.05, 4.69) is 28.9 Å². The third-order valence-electron chi connectivity index (χ3n) is 3.76. The zero-order valence-corrected chi connectivity index (χ0v) is 15.9. The highest BCUT2D eigenvalue weighted by atomic mass is 79.9. The van der Waals surface area contributed by atoms with E-state index in [0.29, 0.717) is 10.1 Å². The Kier molecular flexibility index (Phi) is 5.21. The van der Waals surface area contributed by atoms with Gasteiger partial charge in [0.05, 0.1) is 10.6 Å². The number of carbonyl (C=O) groups is 1. The van der Waals surface area contributed by atoms with Crippen molar-refractivity contribution in [2.24, 2.45) is 4.99 Å². The number of aliphatic imine (C=N–C) groups is 1. The van der Waals surface area contributed by atoms with E-state index in [1.165, 1.54) is 17.3 Å². The minimum atomic E-state index is -0.0179. The van der Waals surface area contributed by atoms with Crippen LogP contribution in [0, 0.1) is 0 Å². The number of amides is 1. The molecule has 1 fully saturated rings. The van der Waals surface area contributed by atoms with Crippen molar-refractivity contribution in [2.75, 3.05) is 7.05 Å². The van der Waals surface area contributed by atoms with Crippen LogP contribution in [0.5, 0.6) is 0 Å². The maximum Gasteiger partial charge on any atom is 0.266 e. The summed E-state index contributed by atoms with van der Waals surface area (Å²) in [6, 6.07) is 15.9. The molecule has 3 nitrogen and oxygen atoms in total. The van der Waals surface area contributed by atoms with Gasteiger partial charge in [-0.15, -0.1) is 0 Å². The fourth-order valence-corrected chi connectivity index (χ4v) is 3.63.